The van der Waals surface area contributed by atoms with Crippen molar-refractivity contribution in [2.24, 2.45) is 0 Å². The average Bonchev–Trinajstić information content (AvgIpc) is 2.92. The number of nitrogens with one attached hydrogen (secondary N) is 1. The van der Waals surface area contributed by atoms with E-state index >= 15 is 0 Å². The van der Waals surface area contributed by atoms with Crippen molar-refractivity contribution in [1.82, 2.24) is 5.32 Å². The molecule has 2 rings (SSSR count). The Morgan fingerprint density at radius 2 is 2.00 bits per heavy atom. The lowest BCUT2D eigenvalue weighted by atomic mass is 10.1. The minimum Gasteiger partial charge on any atom is -0.352 e. The second-order valence-corrected chi connectivity index (χ2v) is 5.71. The largest absolute Gasteiger partial charge is 0.352 e. The summed E-state index contributed by atoms with van der Waals surface area (Å²) in [5.41, 5.74) is 1.18. The molecule has 0 aliphatic heterocycles. The van der Waals surface area contributed by atoms with Crippen molar-refractivity contribution < 1.29 is 4.79 Å². The normalized spacial score (nSPS) is 12.1. The van der Waals surface area contributed by atoms with Crippen molar-refractivity contribution in [1.29, 1.82) is 0 Å². The standard InChI is InChI=1S/C15H16ClNOS/c16-11-13(9-12-5-2-1-3-6-12)17-15(18)10-14-7-4-8-19-14/h1-8,13H,9-11H2,(H,17,18). The van der Waals surface area contributed by atoms with Gasteiger partial charge in [-0.2, -0.15) is 0 Å². The third kappa shape index (κ3) is 4.69. The van der Waals surface area contributed by atoms with Gasteiger partial charge in [0, 0.05) is 16.8 Å². The van der Waals surface area contributed by atoms with Crippen LogP contribution in [0.15, 0.2) is 47.8 Å². The summed E-state index contributed by atoms with van der Waals surface area (Å²) in [4.78, 5) is 13.0. The zero-order chi connectivity index (χ0) is 13.5. The lowest BCUT2D eigenvalue weighted by Gasteiger charge is -2.16. The van der Waals surface area contributed by atoms with Gasteiger partial charge in [0.1, 0.15) is 0 Å². The van der Waals surface area contributed by atoms with Gasteiger partial charge in [-0.25, -0.2) is 0 Å². The van der Waals surface area contributed by atoms with Crippen LogP contribution in [0.1, 0.15) is 10.4 Å². The number of carbonyl (C=O) groups excluding carboxylic acids is 1. The van der Waals surface area contributed by atoms with Crippen molar-refractivity contribution in [2.45, 2.75) is 18.9 Å². The van der Waals surface area contributed by atoms with Crippen LogP contribution in [0, 0.1) is 0 Å². The summed E-state index contributed by atoms with van der Waals surface area (Å²) in [6, 6.07) is 14.0. The Kier molecular flexibility index (Phi) is 5.43. The molecule has 1 unspecified atom stereocenters. The molecule has 1 aromatic heterocycles. The highest BCUT2D eigenvalue weighted by Gasteiger charge is 2.12. The summed E-state index contributed by atoms with van der Waals surface area (Å²) < 4.78 is 0. The number of hydrogen-bond donors (Lipinski definition) is 1. The number of carbonyl (C=O) groups is 1. The van der Waals surface area contributed by atoms with Crippen LogP contribution in [0.25, 0.3) is 0 Å². The molecule has 4 heteroatoms. The fourth-order valence-electron chi connectivity index (χ4n) is 1.89. The van der Waals surface area contributed by atoms with Gasteiger partial charge in [-0.1, -0.05) is 36.4 Å². The molecular formula is C15H16ClNOS. The topological polar surface area (TPSA) is 29.1 Å². The summed E-state index contributed by atoms with van der Waals surface area (Å²) in [6.45, 7) is 0. The van der Waals surface area contributed by atoms with E-state index in [1.54, 1.807) is 11.3 Å². The van der Waals surface area contributed by atoms with Crippen LogP contribution in [0.2, 0.25) is 0 Å². The van der Waals surface area contributed by atoms with E-state index < -0.39 is 0 Å². The Labute approximate surface area is 122 Å². The molecule has 2 aromatic rings. The van der Waals surface area contributed by atoms with Crippen LogP contribution in [0.4, 0.5) is 0 Å². The molecule has 0 saturated heterocycles. The van der Waals surface area contributed by atoms with Crippen LogP contribution >= 0.6 is 22.9 Å². The third-order valence-corrected chi connectivity index (χ3v) is 4.04. The molecule has 1 N–H and O–H groups in total. The van der Waals surface area contributed by atoms with E-state index in [2.05, 4.69) is 5.32 Å². The number of halogens is 1. The highest BCUT2D eigenvalue weighted by molar-refractivity contribution is 7.10. The second-order valence-electron chi connectivity index (χ2n) is 4.36. The first-order valence-corrected chi connectivity index (χ1v) is 7.61. The van der Waals surface area contributed by atoms with E-state index in [1.807, 2.05) is 47.8 Å². The number of alkyl halides is 1. The third-order valence-electron chi connectivity index (χ3n) is 2.79. The maximum Gasteiger partial charge on any atom is 0.225 e. The molecular weight excluding hydrogens is 278 g/mol. The minimum atomic E-state index is -0.0171. The fraction of sp³-hybridized carbons (Fsp3) is 0.267. The van der Waals surface area contributed by atoms with Gasteiger partial charge in [0.2, 0.25) is 5.91 Å². The molecule has 1 atom stereocenters. The van der Waals surface area contributed by atoms with Crippen molar-refractivity contribution in [3.8, 4) is 0 Å². The molecule has 0 fully saturated rings. The highest BCUT2D eigenvalue weighted by atomic mass is 35.5. The predicted molar refractivity (Wildman–Crippen MR) is 80.8 cm³/mol. The number of thiophene rings is 1. The summed E-state index contributed by atoms with van der Waals surface area (Å²) >= 11 is 7.53. The SMILES string of the molecule is O=C(Cc1cccs1)NC(CCl)Cc1ccccc1. The molecule has 0 aliphatic carbocycles. The molecule has 2 nitrogen and oxygen atoms in total. The van der Waals surface area contributed by atoms with Crippen LogP contribution < -0.4 is 5.32 Å². The van der Waals surface area contributed by atoms with E-state index in [1.165, 1.54) is 5.56 Å². The van der Waals surface area contributed by atoms with Gasteiger partial charge in [0.15, 0.2) is 0 Å². The molecule has 0 radical (unpaired) electrons. The van der Waals surface area contributed by atoms with E-state index in [-0.39, 0.29) is 11.9 Å². The summed E-state index contributed by atoms with van der Waals surface area (Å²) in [5, 5.41) is 4.97. The minimum absolute atomic E-state index is 0.0171. The first-order valence-electron chi connectivity index (χ1n) is 6.19. The second kappa shape index (κ2) is 7.31. The molecule has 19 heavy (non-hydrogen) atoms. The summed E-state index contributed by atoms with van der Waals surface area (Å²) in [7, 11) is 0. The lowest BCUT2D eigenvalue weighted by Crippen LogP contribution is -2.38. The Morgan fingerprint density at radius 3 is 2.63 bits per heavy atom. The first kappa shape index (κ1) is 14.1. The Balaban J connectivity index is 1.86. The van der Waals surface area contributed by atoms with Gasteiger partial charge in [0.05, 0.1) is 6.42 Å². The van der Waals surface area contributed by atoms with Gasteiger partial charge in [-0.05, 0) is 23.4 Å². The number of rotatable bonds is 6. The van der Waals surface area contributed by atoms with Crippen LogP contribution in [0.3, 0.4) is 0 Å². The Hall–Kier alpha value is -1.32. The first-order chi connectivity index (χ1) is 9.28. The Bertz CT molecular complexity index is 498. The number of amides is 1. The lowest BCUT2D eigenvalue weighted by molar-refractivity contribution is -0.120. The van der Waals surface area contributed by atoms with Crippen molar-refractivity contribution >= 4 is 28.8 Å². The molecule has 1 amide bonds. The van der Waals surface area contributed by atoms with Crippen LogP contribution in [-0.2, 0) is 17.6 Å². The van der Waals surface area contributed by atoms with Crippen LogP contribution in [-0.4, -0.2) is 17.8 Å². The van der Waals surface area contributed by atoms with Gasteiger partial charge in [0.25, 0.3) is 0 Å². The monoisotopic (exact) mass is 293 g/mol. The average molecular weight is 294 g/mol. The molecule has 1 heterocycles. The van der Waals surface area contributed by atoms with Crippen molar-refractivity contribution in [3.63, 3.8) is 0 Å². The molecule has 0 saturated carbocycles. The zero-order valence-corrected chi connectivity index (χ0v) is 12.1. The number of hydrogen-bond acceptors (Lipinski definition) is 2. The van der Waals surface area contributed by atoms with Gasteiger partial charge in [-0.15, -0.1) is 22.9 Å². The summed E-state index contributed by atoms with van der Waals surface area (Å²) in [5.74, 6) is 0.453. The van der Waals surface area contributed by atoms with Crippen molar-refractivity contribution in [3.05, 3.63) is 58.3 Å². The molecule has 100 valence electrons. The van der Waals surface area contributed by atoms with Gasteiger partial charge < -0.3 is 5.32 Å². The van der Waals surface area contributed by atoms with E-state index in [9.17, 15) is 4.79 Å². The molecule has 0 aliphatic rings. The Morgan fingerprint density at radius 1 is 1.21 bits per heavy atom. The van der Waals surface area contributed by atoms with Crippen molar-refractivity contribution in [2.75, 3.05) is 5.88 Å². The molecule has 0 bridgehead atoms. The smallest absolute Gasteiger partial charge is 0.225 e. The molecule has 0 spiro atoms. The summed E-state index contributed by atoms with van der Waals surface area (Å²) in [6.07, 6.45) is 1.19. The maximum atomic E-state index is 11.9. The van der Waals surface area contributed by atoms with E-state index in [0.29, 0.717) is 12.3 Å². The van der Waals surface area contributed by atoms with E-state index in [0.717, 1.165) is 11.3 Å². The van der Waals surface area contributed by atoms with Crippen LogP contribution in [0.5, 0.6) is 0 Å². The quantitative estimate of drug-likeness (QED) is 0.814. The van der Waals surface area contributed by atoms with Gasteiger partial charge in [-0.3, -0.25) is 4.79 Å². The molecule has 1 aromatic carbocycles. The highest BCUT2D eigenvalue weighted by Crippen LogP contribution is 2.10. The van der Waals surface area contributed by atoms with E-state index in [4.69, 9.17) is 11.6 Å². The maximum absolute atomic E-state index is 11.9. The van der Waals surface area contributed by atoms with Gasteiger partial charge >= 0.3 is 0 Å². The predicted octanol–water partition coefficient (Wildman–Crippen LogP) is 3.26. The number of benzene rings is 1. The fourth-order valence-corrected chi connectivity index (χ4v) is 2.78. The zero-order valence-electron chi connectivity index (χ0n) is 10.5.